The molecular weight excluding hydrogens is 214 g/mol. The standard InChI is InChI=1S/C14H27NO2/c1-11(2)7-9-17-13(4)14(16)15-8-5-6-12(3)10-15/h11-13H,5-10H2,1-4H3/t12-,13-/m1/s1. The lowest BCUT2D eigenvalue weighted by Crippen LogP contribution is -2.44. The second-order valence-corrected chi connectivity index (χ2v) is 5.73. The van der Waals surface area contributed by atoms with Gasteiger partial charge in [0.1, 0.15) is 6.10 Å². The Morgan fingerprint density at radius 1 is 1.41 bits per heavy atom. The van der Waals surface area contributed by atoms with Crippen LogP contribution < -0.4 is 0 Å². The van der Waals surface area contributed by atoms with Crippen molar-refractivity contribution in [1.29, 1.82) is 0 Å². The molecule has 0 saturated carbocycles. The highest BCUT2D eigenvalue weighted by Crippen LogP contribution is 2.16. The summed E-state index contributed by atoms with van der Waals surface area (Å²) in [6.45, 7) is 10.9. The molecule has 0 aliphatic carbocycles. The van der Waals surface area contributed by atoms with Gasteiger partial charge < -0.3 is 9.64 Å². The summed E-state index contributed by atoms with van der Waals surface area (Å²) in [5.41, 5.74) is 0. The Labute approximate surface area is 106 Å². The van der Waals surface area contributed by atoms with Crippen LogP contribution in [0.25, 0.3) is 0 Å². The van der Waals surface area contributed by atoms with Gasteiger partial charge in [-0.15, -0.1) is 0 Å². The summed E-state index contributed by atoms with van der Waals surface area (Å²) in [6.07, 6.45) is 3.12. The van der Waals surface area contributed by atoms with Crippen molar-refractivity contribution in [2.45, 2.75) is 53.1 Å². The maximum atomic E-state index is 12.1. The zero-order valence-electron chi connectivity index (χ0n) is 11.7. The minimum absolute atomic E-state index is 0.167. The molecule has 0 aromatic carbocycles. The Bertz CT molecular complexity index is 240. The summed E-state index contributed by atoms with van der Waals surface area (Å²) in [6, 6.07) is 0. The third kappa shape index (κ3) is 5.07. The van der Waals surface area contributed by atoms with Crippen molar-refractivity contribution < 1.29 is 9.53 Å². The number of piperidine rings is 1. The van der Waals surface area contributed by atoms with Crippen LogP contribution >= 0.6 is 0 Å². The van der Waals surface area contributed by atoms with Crippen LogP contribution in [0.4, 0.5) is 0 Å². The van der Waals surface area contributed by atoms with E-state index in [1.165, 1.54) is 6.42 Å². The first-order valence-electron chi connectivity index (χ1n) is 6.91. The highest BCUT2D eigenvalue weighted by atomic mass is 16.5. The Kier molecular flexibility index (Phi) is 5.96. The van der Waals surface area contributed by atoms with Gasteiger partial charge >= 0.3 is 0 Å². The van der Waals surface area contributed by atoms with Gasteiger partial charge in [-0.2, -0.15) is 0 Å². The normalized spacial score (nSPS) is 22.9. The first kappa shape index (κ1) is 14.5. The topological polar surface area (TPSA) is 29.5 Å². The molecule has 0 N–H and O–H groups in total. The fraction of sp³-hybridized carbons (Fsp3) is 0.929. The van der Waals surface area contributed by atoms with Crippen LogP contribution in [-0.4, -0.2) is 36.6 Å². The molecule has 2 atom stereocenters. The van der Waals surface area contributed by atoms with E-state index in [2.05, 4.69) is 20.8 Å². The Balaban J connectivity index is 2.30. The largest absolute Gasteiger partial charge is 0.369 e. The number of hydrogen-bond donors (Lipinski definition) is 0. The molecule has 0 aromatic heterocycles. The van der Waals surface area contributed by atoms with Gasteiger partial charge in [0.15, 0.2) is 0 Å². The van der Waals surface area contributed by atoms with E-state index in [1.54, 1.807) is 0 Å². The average Bonchev–Trinajstić information content (AvgIpc) is 2.27. The lowest BCUT2D eigenvalue weighted by atomic mass is 10.00. The molecule has 0 spiro atoms. The second-order valence-electron chi connectivity index (χ2n) is 5.73. The van der Waals surface area contributed by atoms with Crippen LogP contribution in [0.15, 0.2) is 0 Å². The zero-order valence-corrected chi connectivity index (χ0v) is 11.7. The van der Waals surface area contributed by atoms with Crippen LogP contribution in [0.3, 0.4) is 0 Å². The molecule has 100 valence electrons. The van der Waals surface area contributed by atoms with Crippen LogP contribution in [0.5, 0.6) is 0 Å². The summed E-state index contributed by atoms with van der Waals surface area (Å²) in [4.78, 5) is 14.1. The Morgan fingerprint density at radius 3 is 2.71 bits per heavy atom. The first-order valence-corrected chi connectivity index (χ1v) is 6.91. The second kappa shape index (κ2) is 7.00. The Hall–Kier alpha value is -0.570. The van der Waals surface area contributed by atoms with E-state index in [9.17, 15) is 4.79 Å². The maximum Gasteiger partial charge on any atom is 0.251 e. The van der Waals surface area contributed by atoms with E-state index >= 15 is 0 Å². The predicted molar refractivity (Wildman–Crippen MR) is 69.8 cm³/mol. The van der Waals surface area contributed by atoms with Gasteiger partial charge in [0.25, 0.3) is 5.91 Å². The molecule has 0 bridgehead atoms. The minimum Gasteiger partial charge on any atom is -0.369 e. The van der Waals surface area contributed by atoms with E-state index in [0.717, 1.165) is 25.9 Å². The molecule has 17 heavy (non-hydrogen) atoms. The molecule has 0 radical (unpaired) electrons. The lowest BCUT2D eigenvalue weighted by Gasteiger charge is -2.32. The summed E-state index contributed by atoms with van der Waals surface area (Å²) in [5, 5.41) is 0. The molecule has 0 unspecified atom stereocenters. The summed E-state index contributed by atoms with van der Waals surface area (Å²) in [5.74, 6) is 1.43. The van der Waals surface area contributed by atoms with E-state index in [0.29, 0.717) is 18.4 Å². The van der Waals surface area contributed by atoms with Gasteiger partial charge in [-0.1, -0.05) is 20.8 Å². The monoisotopic (exact) mass is 241 g/mol. The van der Waals surface area contributed by atoms with Gasteiger partial charge in [0.2, 0.25) is 0 Å². The quantitative estimate of drug-likeness (QED) is 0.740. The molecular formula is C14H27NO2. The zero-order chi connectivity index (χ0) is 12.8. The number of nitrogens with zero attached hydrogens (tertiary/aromatic N) is 1. The third-order valence-corrected chi connectivity index (χ3v) is 3.38. The molecule has 1 rings (SSSR count). The molecule has 3 heteroatoms. The van der Waals surface area contributed by atoms with E-state index in [-0.39, 0.29) is 12.0 Å². The number of amides is 1. The Morgan fingerprint density at radius 2 is 2.12 bits per heavy atom. The van der Waals surface area contributed by atoms with Gasteiger partial charge in [-0.3, -0.25) is 4.79 Å². The van der Waals surface area contributed by atoms with Gasteiger partial charge in [0.05, 0.1) is 0 Å². The number of rotatable bonds is 5. The number of likely N-dealkylation sites (tertiary alicyclic amines) is 1. The molecule has 1 aliphatic heterocycles. The maximum absolute atomic E-state index is 12.1. The van der Waals surface area contributed by atoms with Crippen LogP contribution in [0, 0.1) is 11.8 Å². The van der Waals surface area contributed by atoms with E-state index < -0.39 is 0 Å². The van der Waals surface area contributed by atoms with E-state index in [1.807, 2.05) is 11.8 Å². The molecule has 3 nitrogen and oxygen atoms in total. The summed E-state index contributed by atoms with van der Waals surface area (Å²) >= 11 is 0. The van der Waals surface area contributed by atoms with Crippen molar-refractivity contribution >= 4 is 5.91 Å². The highest BCUT2D eigenvalue weighted by molar-refractivity contribution is 5.80. The number of ether oxygens (including phenoxy) is 1. The summed E-state index contributed by atoms with van der Waals surface area (Å²) < 4.78 is 5.61. The molecule has 1 heterocycles. The minimum atomic E-state index is -0.279. The van der Waals surface area contributed by atoms with Crippen molar-refractivity contribution in [1.82, 2.24) is 4.90 Å². The van der Waals surface area contributed by atoms with Crippen molar-refractivity contribution in [3.63, 3.8) is 0 Å². The number of carbonyl (C=O) groups excluding carboxylic acids is 1. The van der Waals surface area contributed by atoms with Gasteiger partial charge in [0, 0.05) is 19.7 Å². The summed E-state index contributed by atoms with van der Waals surface area (Å²) in [7, 11) is 0. The molecule has 1 amide bonds. The van der Waals surface area contributed by atoms with Crippen molar-refractivity contribution in [3.8, 4) is 0 Å². The molecule has 1 saturated heterocycles. The van der Waals surface area contributed by atoms with E-state index in [4.69, 9.17) is 4.74 Å². The lowest BCUT2D eigenvalue weighted by molar-refractivity contribution is -0.144. The van der Waals surface area contributed by atoms with Crippen molar-refractivity contribution in [3.05, 3.63) is 0 Å². The van der Waals surface area contributed by atoms with Crippen LogP contribution in [0.2, 0.25) is 0 Å². The van der Waals surface area contributed by atoms with Crippen LogP contribution in [-0.2, 0) is 9.53 Å². The SMILES string of the molecule is CC(C)CCO[C@H](C)C(=O)N1CCC[C@@H](C)C1. The van der Waals surface area contributed by atoms with Crippen LogP contribution in [0.1, 0.15) is 47.0 Å². The number of hydrogen-bond acceptors (Lipinski definition) is 2. The fourth-order valence-electron chi connectivity index (χ4n) is 2.20. The molecule has 0 aromatic rings. The van der Waals surface area contributed by atoms with Crippen molar-refractivity contribution in [2.75, 3.05) is 19.7 Å². The molecule has 1 fully saturated rings. The molecule has 1 aliphatic rings. The first-order chi connectivity index (χ1) is 8.00. The third-order valence-electron chi connectivity index (χ3n) is 3.38. The fourth-order valence-corrected chi connectivity index (χ4v) is 2.20. The van der Waals surface area contributed by atoms with Gasteiger partial charge in [-0.25, -0.2) is 0 Å². The van der Waals surface area contributed by atoms with Crippen molar-refractivity contribution in [2.24, 2.45) is 11.8 Å². The smallest absolute Gasteiger partial charge is 0.251 e. The predicted octanol–water partition coefficient (Wildman–Crippen LogP) is 2.70. The average molecular weight is 241 g/mol. The highest BCUT2D eigenvalue weighted by Gasteiger charge is 2.25. The van der Waals surface area contributed by atoms with Gasteiger partial charge in [-0.05, 0) is 38.0 Å². The number of carbonyl (C=O) groups is 1.